The third-order valence-corrected chi connectivity index (χ3v) is 5.63. The second-order valence-electron chi connectivity index (χ2n) is 4.62. The van der Waals surface area contributed by atoms with Crippen molar-refractivity contribution in [3.8, 4) is 11.5 Å². The van der Waals surface area contributed by atoms with Gasteiger partial charge in [0.25, 0.3) is 0 Å². The van der Waals surface area contributed by atoms with Crippen molar-refractivity contribution in [2.24, 2.45) is 0 Å². The molecule has 1 N–H and O–H groups in total. The second kappa shape index (κ2) is 7.05. The van der Waals surface area contributed by atoms with E-state index in [1.807, 2.05) is 0 Å². The van der Waals surface area contributed by atoms with Crippen molar-refractivity contribution in [1.29, 1.82) is 0 Å². The molecule has 0 unspecified atom stereocenters. The van der Waals surface area contributed by atoms with Gasteiger partial charge in [-0.15, -0.1) is 23.1 Å². The van der Waals surface area contributed by atoms with Crippen molar-refractivity contribution in [2.75, 3.05) is 19.5 Å². The minimum Gasteiger partial charge on any atom is -0.486 e. The van der Waals surface area contributed by atoms with Crippen LogP contribution in [0.15, 0.2) is 32.9 Å². The summed E-state index contributed by atoms with van der Waals surface area (Å²) in [7, 11) is 0. The molecule has 2 aromatic rings. The Labute approximate surface area is 141 Å². The SMILES string of the molecule is CSc1cc2c(cc1CNCc1ccc(Br)s1)OCCO2. The van der Waals surface area contributed by atoms with Crippen molar-refractivity contribution < 1.29 is 9.47 Å². The number of rotatable bonds is 5. The van der Waals surface area contributed by atoms with Gasteiger partial charge in [0.15, 0.2) is 11.5 Å². The summed E-state index contributed by atoms with van der Waals surface area (Å²) in [6, 6.07) is 8.40. The Bertz CT molecular complexity index is 630. The summed E-state index contributed by atoms with van der Waals surface area (Å²) in [4.78, 5) is 2.56. The van der Waals surface area contributed by atoms with Crippen LogP contribution >= 0.6 is 39.0 Å². The number of fused-ring (bicyclic) bond motifs is 1. The first kappa shape index (κ1) is 15.2. The molecule has 0 bridgehead atoms. The van der Waals surface area contributed by atoms with E-state index in [2.05, 4.69) is 51.8 Å². The Balaban J connectivity index is 1.69. The molecule has 3 rings (SSSR count). The highest BCUT2D eigenvalue weighted by molar-refractivity contribution is 9.11. The number of hydrogen-bond donors (Lipinski definition) is 1. The maximum atomic E-state index is 5.67. The van der Waals surface area contributed by atoms with Crippen molar-refractivity contribution in [3.05, 3.63) is 38.5 Å². The molecule has 1 aromatic heterocycles. The average Bonchev–Trinajstić information content (AvgIpc) is 2.92. The number of hydrogen-bond acceptors (Lipinski definition) is 5. The fourth-order valence-corrected chi connectivity index (χ4v) is 4.28. The number of halogens is 1. The van der Waals surface area contributed by atoms with Gasteiger partial charge in [0.2, 0.25) is 0 Å². The van der Waals surface area contributed by atoms with Crippen LogP contribution in [0.1, 0.15) is 10.4 Å². The van der Waals surface area contributed by atoms with Gasteiger partial charge in [-0.2, -0.15) is 0 Å². The molecule has 0 fully saturated rings. The first-order valence-electron chi connectivity index (χ1n) is 6.67. The van der Waals surface area contributed by atoms with Crippen LogP contribution in [0.25, 0.3) is 0 Å². The Morgan fingerprint density at radius 2 is 1.95 bits per heavy atom. The van der Waals surface area contributed by atoms with Crippen LogP contribution in [0.3, 0.4) is 0 Å². The van der Waals surface area contributed by atoms with Crippen LogP contribution in [0.5, 0.6) is 11.5 Å². The van der Waals surface area contributed by atoms with Gasteiger partial charge in [-0.3, -0.25) is 0 Å². The zero-order valence-electron chi connectivity index (χ0n) is 11.6. The van der Waals surface area contributed by atoms with E-state index in [-0.39, 0.29) is 0 Å². The highest BCUT2D eigenvalue weighted by Gasteiger charge is 2.15. The molecule has 0 radical (unpaired) electrons. The van der Waals surface area contributed by atoms with Crippen molar-refractivity contribution >= 4 is 39.0 Å². The van der Waals surface area contributed by atoms with Crippen LogP contribution in [-0.4, -0.2) is 19.5 Å². The Morgan fingerprint density at radius 3 is 2.62 bits per heavy atom. The van der Waals surface area contributed by atoms with Crippen LogP contribution < -0.4 is 14.8 Å². The maximum Gasteiger partial charge on any atom is 0.162 e. The van der Waals surface area contributed by atoms with Gasteiger partial charge in [0.1, 0.15) is 13.2 Å². The summed E-state index contributed by atoms with van der Waals surface area (Å²) in [5.41, 5.74) is 1.25. The van der Waals surface area contributed by atoms with E-state index in [1.54, 1.807) is 23.1 Å². The van der Waals surface area contributed by atoms with E-state index in [4.69, 9.17) is 9.47 Å². The zero-order valence-corrected chi connectivity index (χ0v) is 14.9. The molecule has 0 amide bonds. The number of ether oxygens (including phenoxy) is 2. The lowest BCUT2D eigenvalue weighted by molar-refractivity contribution is 0.171. The second-order valence-corrected chi connectivity index (χ2v) is 8.01. The smallest absolute Gasteiger partial charge is 0.162 e. The van der Waals surface area contributed by atoms with Crippen molar-refractivity contribution in [1.82, 2.24) is 5.32 Å². The molecule has 0 aliphatic carbocycles. The Morgan fingerprint density at radius 1 is 1.19 bits per heavy atom. The lowest BCUT2D eigenvalue weighted by Crippen LogP contribution is -2.17. The molecule has 0 saturated carbocycles. The summed E-state index contributed by atoms with van der Waals surface area (Å²) < 4.78 is 12.5. The number of benzene rings is 1. The van der Waals surface area contributed by atoms with Crippen molar-refractivity contribution in [3.63, 3.8) is 0 Å². The monoisotopic (exact) mass is 385 g/mol. The van der Waals surface area contributed by atoms with Crippen LogP contribution in [-0.2, 0) is 13.1 Å². The van der Waals surface area contributed by atoms with Crippen LogP contribution in [0, 0.1) is 0 Å². The molecule has 112 valence electrons. The molecule has 0 spiro atoms. The fraction of sp³-hybridized carbons (Fsp3) is 0.333. The van der Waals surface area contributed by atoms with Gasteiger partial charge >= 0.3 is 0 Å². The predicted molar refractivity (Wildman–Crippen MR) is 91.8 cm³/mol. The third-order valence-electron chi connectivity index (χ3n) is 3.19. The van der Waals surface area contributed by atoms with Gasteiger partial charge in [-0.1, -0.05) is 0 Å². The largest absolute Gasteiger partial charge is 0.486 e. The van der Waals surface area contributed by atoms with Gasteiger partial charge in [0, 0.05) is 22.9 Å². The summed E-state index contributed by atoms with van der Waals surface area (Å²) in [6.07, 6.45) is 2.09. The molecule has 1 aliphatic heterocycles. The molecule has 2 heterocycles. The first-order valence-corrected chi connectivity index (χ1v) is 9.51. The van der Waals surface area contributed by atoms with Crippen molar-refractivity contribution in [2.45, 2.75) is 18.0 Å². The number of thiophene rings is 1. The lowest BCUT2D eigenvalue weighted by atomic mass is 10.2. The third kappa shape index (κ3) is 3.74. The fourth-order valence-electron chi connectivity index (χ4n) is 2.21. The number of thioether (sulfide) groups is 1. The molecule has 1 aliphatic rings. The van der Waals surface area contributed by atoms with Crippen LogP contribution in [0.2, 0.25) is 0 Å². The molecule has 0 saturated heterocycles. The molecule has 21 heavy (non-hydrogen) atoms. The highest BCUT2D eigenvalue weighted by Crippen LogP contribution is 2.36. The summed E-state index contributed by atoms with van der Waals surface area (Å²) in [5, 5.41) is 3.49. The summed E-state index contributed by atoms with van der Waals surface area (Å²) >= 11 is 6.99. The topological polar surface area (TPSA) is 30.5 Å². The molecular weight excluding hydrogens is 370 g/mol. The van der Waals surface area contributed by atoms with E-state index in [0.717, 1.165) is 24.6 Å². The zero-order chi connectivity index (χ0) is 14.7. The molecule has 6 heteroatoms. The lowest BCUT2D eigenvalue weighted by Gasteiger charge is -2.20. The first-order chi connectivity index (χ1) is 10.3. The maximum absolute atomic E-state index is 5.67. The van der Waals surface area contributed by atoms with Crippen LogP contribution in [0.4, 0.5) is 0 Å². The van der Waals surface area contributed by atoms with Gasteiger partial charge in [0.05, 0.1) is 3.79 Å². The van der Waals surface area contributed by atoms with E-state index < -0.39 is 0 Å². The Hall–Kier alpha value is -0.690. The van der Waals surface area contributed by atoms with E-state index in [0.29, 0.717) is 13.2 Å². The van der Waals surface area contributed by atoms with Gasteiger partial charge in [-0.25, -0.2) is 0 Å². The van der Waals surface area contributed by atoms with Gasteiger partial charge in [-0.05, 0) is 52.0 Å². The predicted octanol–water partition coefficient (Wildman–Crippen LogP) is 4.29. The molecule has 1 aromatic carbocycles. The average molecular weight is 386 g/mol. The highest BCUT2D eigenvalue weighted by atomic mass is 79.9. The Kier molecular flexibility index (Phi) is 5.11. The molecule has 0 atom stereocenters. The summed E-state index contributed by atoms with van der Waals surface area (Å²) in [6.45, 7) is 2.95. The van der Waals surface area contributed by atoms with E-state index in [9.17, 15) is 0 Å². The van der Waals surface area contributed by atoms with E-state index >= 15 is 0 Å². The minimum atomic E-state index is 0.627. The number of nitrogens with one attached hydrogen (secondary N) is 1. The van der Waals surface area contributed by atoms with E-state index in [1.165, 1.54) is 19.1 Å². The quantitative estimate of drug-likeness (QED) is 0.777. The molecule has 3 nitrogen and oxygen atoms in total. The normalized spacial score (nSPS) is 13.4. The molecular formula is C15H16BrNO2S2. The standard InChI is InChI=1S/C15H16BrNO2S2/c1-20-14-7-13-12(18-4-5-19-13)6-10(14)8-17-9-11-2-3-15(16)21-11/h2-3,6-7,17H,4-5,8-9H2,1H3. The minimum absolute atomic E-state index is 0.627. The van der Waals surface area contributed by atoms with Gasteiger partial charge < -0.3 is 14.8 Å². The summed E-state index contributed by atoms with van der Waals surface area (Å²) in [5.74, 6) is 1.71.